The zero-order chi connectivity index (χ0) is 17.4. The van der Waals surface area contributed by atoms with Gasteiger partial charge in [0.25, 0.3) is 0 Å². The van der Waals surface area contributed by atoms with Gasteiger partial charge in [-0.15, -0.1) is 0 Å². The number of hydrogen-bond acceptors (Lipinski definition) is 0. The van der Waals surface area contributed by atoms with Gasteiger partial charge in [-0.05, 0) is 97.2 Å². The van der Waals surface area contributed by atoms with Crippen LogP contribution in [0, 0.1) is 41.5 Å². The van der Waals surface area contributed by atoms with E-state index >= 15 is 0 Å². The molecule has 0 aliphatic heterocycles. The smallest absolute Gasteiger partial charge is 0.00706 e. The molecule has 3 aromatic carbocycles. The first-order valence-corrected chi connectivity index (χ1v) is 8.65. The molecule has 0 spiro atoms. The highest BCUT2D eigenvalue weighted by Gasteiger charge is 2.16. The van der Waals surface area contributed by atoms with E-state index in [9.17, 15) is 0 Å². The van der Waals surface area contributed by atoms with Crippen molar-refractivity contribution in [3.05, 3.63) is 81.9 Å². The number of aryl methyl sites for hydroxylation is 3. The first-order chi connectivity index (χ1) is 11.4. The van der Waals surface area contributed by atoms with Crippen molar-refractivity contribution in [1.82, 2.24) is 0 Å². The van der Waals surface area contributed by atoms with Gasteiger partial charge in [0.1, 0.15) is 0 Å². The molecule has 0 bridgehead atoms. The van der Waals surface area contributed by atoms with E-state index in [2.05, 4.69) is 90.1 Å². The van der Waals surface area contributed by atoms with Crippen LogP contribution in [0.5, 0.6) is 0 Å². The van der Waals surface area contributed by atoms with Gasteiger partial charge in [0.15, 0.2) is 0 Å². The molecule has 24 heavy (non-hydrogen) atoms. The van der Waals surface area contributed by atoms with Crippen LogP contribution in [-0.2, 0) is 0 Å². The third-order valence-electron chi connectivity index (χ3n) is 5.50. The Morgan fingerprint density at radius 3 is 1.54 bits per heavy atom. The Hall–Kier alpha value is -2.34. The van der Waals surface area contributed by atoms with Crippen LogP contribution in [0.2, 0.25) is 0 Å². The third-order valence-corrected chi connectivity index (χ3v) is 5.50. The predicted octanol–water partition coefficient (Wildman–Crippen LogP) is 6.87. The zero-order valence-electron chi connectivity index (χ0n) is 15.6. The molecular weight excluding hydrogens is 288 g/mol. The summed E-state index contributed by atoms with van der Waals surface area (Å²) in [5.41, 5.74) is 13.6. The van der Waals surface area contributed by atoms with Gasteiger partial charge in [-0.25, -0.2) is 0 Å². The summed E-state index contributed by atoms with van der Waals surface area (Å²) in [7, 11) is 0. The standard InChI is InChI=1S/C24H26/c1-15-9-7-11-21(18(15)4)23-14-13-17(3)20(6)24(23)22-12-8-10-16(2)19(22)5/h7-14H,1-6H3. The molecule has 0 amide bonds. The number of rotatable bonds is 2. The SMILES string of the molecule is Cc1cccc(-c2ccc(C)c(C)c2-c2cccc(C)c2C)c1C. The van der Waals surface area contributed by atoms with E-state index in [4.69, 9.17) is 0 Å². The van der Waals surface area contributed by atoms with Gasteiger partial charge in [-0.3, -0.25) is 0 Å². The molecule has 0 unspecified atom stereocenters. The zero-order valence-corrected chi connectivity index (χ0v) is 15.6. The van der Waals surface area contributed by atoms with Gasteiger partial charge in [-0.2, -0.15) is 0 Å². The van der Waals surface area contributed by atoms with Crippen LogP contribution in [-0.4, -0.2) is 0 Å². The van der Waals surface area contributed by atoms with Gasteiger partial charge in [0.2, 0.25) is 0 Å². The molecule has 122 valence electrons. The fourth-order valence-electron chi connectivity index (χ4n) is 3.45. The maximum absolute atomic E-state index is 2.29. The van der Waals surface area contributed by atoms with E-state index < -0.39 is 0 Å². The van der Waals surface area contributed by atoms with Crippen molar-refractivity contribution in [3.8, 4) is 22.3 Å². The minimum absolute atomic E-state index is 1.34. The Bertz CT molecular complexity index is 914. The number of hydrogen-bond donors (Lipinski definition) is 0. The molecular formula is C24H26. The Morgan fingerprint density at radius 1 is 0.417 bits per heavy atom. The van der Waals surface area contributed by atoms with Gasteiger partial charge < -0.3 is 0 Å². The summed E-state index contributed by atoms with van der Waals surface area (Å²) in [5, 5.41) is 0. The van der Waals surface area contributed by atoms with E-state index in [1.54, 1.807) is 0 Å². The van der Waals surface area contributed by atoms with Gasteiger partial charge in [0.05, 0.1) is 0 Å². The van der Waals surface area contributed by atoms with Crippen molar-refractivity contribution in [3.63, 3.8) is 0 Å². The van der Waals surface area contributed by atoms with Crippen molar-refractivity contribution < 1.29 is 0 Å². The van der Waals surface area contributed by atoms with Crippen LogP contribution in [0.3, 0.4) is 0 Å². The summed E-state index contributed by atoms with van der Waals surface area (Å²) in [6.45, 7) is 13.3. The molecule has 0 nitrogen and oxygen atoms in total. The van der Waals surface area contributed by atoms with E-state index in [1.807, 2.05) is 0 Å². The highest BCUT2D eigenvalue weighted by Crippen LogP contribution is 2.39. The maximum atomic E-state index is 2.29. The second kappa shape index (κ2) is 6.28. The molecule has 0 radical (unpaired) electrons. The third kappa shape index (κ3) is 2.67. The van der Waals surface area contributed by atoms with Crippen LogP contribution in [0.15, 0.2) is 48.5 Å². The van der Waals surface area contributed by atoms with Crippen molar-refractivity contribution in [2.75, 3.05) is 0 Å². The highest BCUT2D eigenvalue weighted by molar-refractivity contribution is 5.89. The Kier molecular flexibility index (Phi) is 4.32. The van der Waals surface area contributed by atoms with E-state index in [0.29, 0.717) is 0 Å². The summed E-state index contributed by atoms with van der Waals surface area (Å²) in [6.07, 6.45) is 0. The Labute approximate surface area is 146 Å². The van der Waals surface area contributed by atoms with E-state index in [1.165, 1.54) is 55.6 Å². The monoisotopic (exact) mass is 314 g/mol. The van der Waals surface area contributed by atoms with Gasteiger partial charge >= 0.3 is 0 Å². The van der Waals surface area contributed by atoms with Crippen LogP contribution in [0.1, 0.15) is 33.4 Å². The quantitative estimate of drug-likeness (QED) is 0.484. The average molecular weight is 314 g/mol. The fraction of sp³-hybridized carbons (Fsp3) is 0.250. The van der Waals surface area contributed by atoms with Crippen LogP contribution in [0.25, 0.3) is 22.3 Å². The molecule has 0 N–H and O–H groups in total. The van der Waals surface area contributed by atoms with Crippen LogP contribution < -0.4 is 0 Å². The summed E-state index contributed by atoms with van der Waals surface area (Å²) < 4.78 is 0. The van der Waals surface area contributed by atoms with E-state index in [-0.39, 0.29) is 0 Å². The Balaban J connectivity index is 2.39. The summed E-state index contributed by atoms with van der Waals surface area (Å²) >= 11 is 0. The minimum atomic E-state index is 1.34. The normalized spacial score (nSPS) is 10.9. The second-order valence-electron chi connectivity index (χ2n) is 6.92. The molecule has 0 heterocycles. The van der Waals surface area contributed by atoms with Crippen molar-refractivity contribution in [1.29, 1.82) is 0 Å². The van der Waals surface area contributed by atoms with Crippen molar-refractivity contribution >= 4 is 0 Å². The molecule has 0 aliphatic carbocycles. The summed E-state index contributed by atoms with van der Waals surface area (Å²) in [5.74, 6) is 0. The molecule has 0 atom stereocenters. The predicted molar refractivity (Wildman–Crippen MR) is 106 cm³/mol. The van der Waals surface area contributed by atoms with Crippen LogP contribution in [0.4, 0.5) is 0 Å². The maximum Gasteiger partial charge on any atom is -0.00706 e. The first-order valence-electron chi connectivity index (χ1n) is 8.65. The molecule has 0 heteroatoms. The summed E-state index contributed by atoms with van der Waals surface area (Å²) in [6, 6.07) is 17.8. The molecule has 0 aliphatic rings. The molecule has 3 aromatic rings. The largest absolute Gasteiger partial charge is 0.0614 e. The lowest BCUT2D eigenvalue weighted by atomic mass is 9.84. The lowest BCUT2D eigenvalue weighted by Gasteiger charge is -2.20. The topological polar surface area (TPSA) is 0 Å². The molecule has 0 saturated heterocycles. The first kappa shape index (κ1) is 16.5. The lowest BCUT2D eigenvalue weighted by Crippen LogP contribution is -1.97. The average Bonchev–Trinajstić information content (AvgIpc) is 2.56. The van der Waals surface area contributed by atoms with Gasteiger partial charge in [0, 0.05) is 0 Å². The van der Waals surface area contributed by atoms with Crippen molar-refractivity contribution in [2.45, 2.75) is 41.5 Å². The van der Waals surface area contributed by atoms with E-state index in [0.717, 1.165) is 0 Å². The van der Waals surface area contributed by atoms with Crippen molar-refractivity contribution in [2.24, 2.45) is 0 Å². The second-order valence-corrected chi connectivity index (χ2v) is 6.92. The Morgan fingerprint density at radius 2 is 0.917 bits per heavy atom. The molecule has 3 rings (SSSR count). The molecule has 0 saturated carbocycles. The van der Waals surface area contributed by atoms with Gasteiger partial charge in [-0.1, -0.05) is 48.5 Å². The highest BCUT2D eigenvalue weighted by atomic mass is 14.2. The number of benzene rings is 3. The lowest BCUT2D eigenvalue weighted by molar-refractivity contribution is 1.29. The van der Waals surface area contributed by atoms with Crippen LogP contribution >= 0.6 is 0 Å². The fourth-order valence-corrected chi connectivity index (χ4v) is 3.45. The molecule has 0 aromatic heterocycles. The molecule has 0 fully saturated rings. The summed E-state index contributed by atoms with van der Waals surface area (Å²) in [4.78, 5) is 0. The minimum Gasteiger partial charge on any atom is -0.0614 e.